The number of nitriles is 1. The van der Waals surface area contributed by atoms with Crippen molar-refractivity contribution in [3.63, 3.8) is 0 Å². The molecule has 2 aromatic carbocycles. The van der Waals surface area contributed by atoms with Crippen LogP contribution in [0.25, 0.3) is 0 Å². The minimum absolute atomic E-state index is 0.205. The van der Waals surface area contributed by atoms with Crippen molar-refractivity contribution in [2.75, 3.05) is 0 Å². The summed E-state index contributed by atoms with van der Waals surface area (Å²) < 4.78 is 0. The summed E-state index contributed by atoms with van der Waals surface area (Å²) in [5.41, 5.74) is 1.14. The van der Waals surface area contributed by atoms with Crippen LogP contribution < -0.4 is 5.32 Å². The number of phenolic OH excluding ortho intramolecular Hbond substituents is 2. The molecule has 1 atom stereocenters. The third-order valence-electron chi connectivity index (χ3n) is 3.15. The van der Waals surface area contributed by atoms with Gasteiger partial charge in [0.15, 0.2) is 11.5 Å². The lowest BCUT2D eigenvalue weighted by atomic mass is 9.98. The highest BCUT2D eigenvalue weighted by Gasteiger charge is 2.19. The van der Waals surface area contributed by atoms with E-state index in [-0.39, 0.29) is 17.1 Å². The molecule has 0 spiro atoms. The molecule has 0 aromatic heterocycles. The summed E-state index contributed by atoms with van der Waals surface area (Å²) in [5.74, 6) is -1.13. The summed E-state index contributed by atoms with van der Waals surface area (Å²) in [6.07, 6.45) is 0. The molecule has 0 saturated heterocycles. The first-order chi connectivity index (χ1) is 10.5. The third kappa shape index (κ3) is 3.25. The first-order valence-corrected chi connectivity index (χ1v) is 6.49. The fraction of sp³-hybridized carbons (Fsp3) is 0.0588. The van der Waals surface area contributed by atoms with E-state index in [1.807, 2.05) is 30.3 Å². The van der Waals surface area contributed by atoms with Crippen molar-refractivity contribution in [2.24, 2.45) is 0 Å². The lowest BCUT2D eigenvalue weighted by Crippen LogP contribution is -2.29. The molecular weight excluding hydrogens is 280 g/mol. The molecule has 22 heavy (non-hydrogen) atoms. The van der Waals surface area contributed by atoms with Gasteiger partial charge in [-0.15, -0.1) is 0 Å². The number of carbonyl (C=O) groups excluding carboxylic acids is 1. The largest absolute Gasteiger partial charge is 0.504 e. The van der Waals surface area contributed by atoms with Crippen LogP contribution in [0.1, 0.15) is 17.2 Å². The molecule has 2 rings (SSSR count). The van der Waals surface area contributed by atoms with E-state index in [0.717, 1.165) is 5.56 Å². The summed E-state index contributed by atoms with van der Waals surface area (Å²) in [5, 5.41) is 30.5. The second kappa shape index (κ2) is 6.46. The molecule has 0 aliphatic heterocycles. The molecule has 1 unspecified atom stereocenters. The standard InChI is InChI=1S/C17H14N2O3/c1-11(10-18)17(22)19-16(12-5-3-2-4-6-12)13-7-8-14(20)15(21)9-13/h2-9,16,20-21H,1H2,(H,19,22). The van der Waals surface area contributed by atoms with Gasteiger partial charge in [-0.25, -0.2) is 0 Å². The third-order valence-corrected chi connectivity index (χ3v) is 3.15. The Labute approximate surface area is 127 Å². The second-order valence-electron chi connectivity index (χ2n) is 4.66. The van der Waals surface area contributed by atoms with Crippen LogP contribution >= 0.6 is 0 Å². The number of hydrogen-bond acceptors (Lipinski definition) is 4. The average Bonchev–Trinajstić information content (AvgIpc) is 2.55. The molecule has 0 radical (unpaired) electrons. The average molecular weight is 294 g/mol. The number of aromatic hydroxyl groups is 2. The van der Waals surface area contributed by atoms with Crippen LogP contribution in [-0.4, -0.2) is 16.1 Å². The SMILES string of the molecule is C=C(C#N)C(=O)NC(c1ccccc1)c1ccc(O)c(O)c1. The Kier molecular flexibility index (Phi) is 4.44. The number of benzene rings is 2. The molecule has 0 heterocycles. The fourth-order valence-corrected chi connectivity index (χ4v) is 1.99. The molecule has 0 bridgehead atoms. The zero-order valence-electron chi connectivity index (χ0n) is 11.7. The number of carbonyl (C=O) groups is 1. The lowest BCUT2D eigenvalue weighted by molar-refractivity contribution is -0.117. The number of amides is 1. The molecular formula is C17H14N2O3. The predicted octanol–water partition coefficient (Wildman–Crippen LogP) is 2.38. The Morgan fingerprint density at radius 3 is 2.36 bits per heavy atom. The molecule has 110 valence electrons. The van der Waals surface area contributed by atoms with Crippen molar-refractivity contribution in [1.82, 2.24) is 5.32 Å². The quantitative estimate of drug-likeness (QED) is 0.458. The van der Waals surface area contributed by atoms with Gasteiger partial charge in [0.05, 0.1) is 6.04 Å². The van der Waals surface area contributed by atoms with Crippen LogP contribution in [0, 0.1) is 11.3 Å². The molecule has 2 aromatic rings. The van der Waals surface area contributed by atoms with Gasteiger partial charge in [0.1, 0.15) is 11.6 Å². The van der Waals surface area contributed by atoms with Gasteiger partial charge in [0, 0.05) is 0 Å². The van der Waals surface area contributed by atoms with E-state index >= 15 is 0 Å². The second-order valence-corrected chi connectivity index (χ2v) is 4.66. The normalized spacial score (nSPS) is 11.2. The number of hydrogen-bond donors (Lipinski definition) is 3. The highest BCUT2D eigenvalue weighted by molar-refractivity contribution is 5.97. The van der Waals surface area contributed by atoms with Gasteiger partial charge in [-0.1, -0.05) is 43.0 Å². The van der Waals surface area contributed by atoms with Crippen molar-refractivity contribution in [2.45, 2.75) is 6.04 Å². The van der Waals surface area contributed by atoms with Gasteiger partial charge in [-0.3, -0.25) is 4.79 Å². The number of phenols is 2. The van der Waals surface area contributed by atoms with Crippen molar-refractivity contribution >= 4 is 5.91 Å². The van der Waals surface area contributed by atoms with Crippen LogP contribution in [0.4, 0.5) is 0 Å². The van der Waals surface area contributed by atoms with E-state index in [2.05, 4.69) is 11.9 Å². The van der Waals surface area contributed by atoms with Crippen LogP contribution in [-0.2, 0) is 4.79 Å². The van der Waals surface area contributed by atoms with Crippen LogP contribution in [0.5, 0.6) is 11.5 Å². The van der Waals surface area contributed by atoms with E-state index in [9.17, 15) is 15.0 Å². The molecule has 3 N–H and O–H groups in total. The highest BCUT2D eigenvalue weighted by atomic mass is 16.3. The van der Waals surface area contributed by atoms with Gasteiger partial charge in [0.2, 0.25) is 0 Å². The molecule has 0 aliphatic carbocycles. The van der Waals surface area contributed by atoms with E-state index in [4.69, 9.17) is 5.26 Å². The molecule has 1 amide bonds. The molecule has 0 aliphatic rings. The van der Waals surface area contributed by atoms with E-state index in [1.165, 1.54) is 12.1 Å². The van der Waals surface area contributed by atoms with Gasteiger partial charge in [-0.2, -0.15) is 5.26 Å². The van der Waals surface area contributed by atoms with Gasteiger partial charge >= 0.3 is 0 Å². The number of nitrogens with one attached hydrogen (secondary N) is 1. The summed E-state index contributed by atoms with van der Waals surface area (Å²) in [7, 11) is 0. The molecule has 0 fully saturated rings. The first kappa shape index (κ1) is 15.1. The highest BCUT2D eigenvalue weighted by Crippen LogP contribution is 2.30. The maximum atomic E-state index is 11.9. The Hall–Kier alpha value is -3.26. The minimum Gasteiger partial charge on any atom is -0.504 e. The number of nitrogens with zero attached hydrogens (tertiary/aromatic N) is 1. The van der Waals surface area contributed by atoms with Crippen molar-refractivity contribution < 1.29 is 15.0 Å². The maximum absolute atomic E-state index is 11.9. The topological polar surface area (TPSA) is 93.4 Å². The summed E-state index contributed by atoms with van der Waals surface area (Å²) in [6, 6.07) is 14.5. The Morgan fingerprint density at radius 1 is 1.09 bits per heavy atom. The zero-order chi connectivity index (χ0) is 16.1. The van der Waals surface area contributed by atoms with E-state index < -0.39 is 11.9 Å². The first-order valence-electron chi connectivity index (χ1n) is 6.49. The Balaban J connectivity index is 2.42. The van der Waals surface area contributed by atoms with Crippen LogP contribution in [0.15, 0.2) is 60.7 Å². The van der Waals surface area contributed by atoms with Crippen molar-refractivity contribution in [3.8, 4) is 17.6 Å². The summed E-state index contributed by atoms with van der Waals surface area (Å²) in [4.78, 5) is 11.9. The zero-order valence-corrected chi connectivity index (χ0v) is 11.7. The van der Waals surface area contributed by atoms with Crippen LogP contribution in [0.2, 0.25) is 0 Å². The van der Waals surface area contributed by atoms with Gasteiger partial charge < -0.3 is 15.5 Å². The van der Waals surface area contributed by atoms with E-state index in [1.54, 1.807) is 12.1 Å². The Bertz CT molecular complexity index is 748. The fourth-order valence-electron chi connectivity index (χ4n) is 1.99. The lowest BCUT2D eigenvalue weighted by Gasteiger charge is -2.20. The summed E-state index contributed by atoms with van der Waals surface area (Å²) >= 11 is 0. The monoisotopic (exact) mass is 294 g/mol. The van der Waals surface area contributed by atoms with Crippen molar-refractivity contribution in [3.05, 3.63) is 71.8 Å². The predicted molar refractivity (Wildman–Crippen MR) is 81.0 cm³/mol. The van der Waals surface area contributed by atoms with Gasteiger partial charge in [-0.05, 0) is 23.3 Å². The summed E-state index contributed by atoms with van der Waals surface area (Å²) in [6.45, 7) is 3.38. The minimum atomic E-state index is -0.594. The molecule has 5 nitrogen and oxygen atoms in total. The van der Waals surface area contributed by atoms with E-state index in [0.29, 0.717) is 5.56 Å². The molecule has 0 saturated carbocycles. The van der Waals surface area contributed by atoms with Gasteiger partial charge in [0.25, 0.3) is 5.91 Å². The number of rotatable bonds is 4. The molecule has 5 heteroatoms. The van der Waals surface area contributed by atoms with Crippen LogP contribution in [0.3, 0.4) is 0 Å². The smallest absolute Gasteiger partial charge is 0.262 e. The Morgan fingerprint density at radius 2 is 1.77 bits per heavy atom. The maximum Gasteiger partial charge on any atom is 0.262 e. The van der Waals surface area contributed by atoms with Crippen molar-refractivity contribution in [1.29, 1.82) is 5.26 Å².